The minimum Gasteiger partial charge on any atom is -0.342 e. The van der Waals surface area contributed by atoms with E-state index in [4.69, 9.17) is 16.7 Å². The molecule has 2 aromatic carbocycles. The van der Waals surface area contributed by atoms with Crippen LogP contribution in [-0.2, 0) is 22.9 Å². The van der Waals surface area contributed by atoms with Crippen molar-refractivity contribution in [2.24, 2.45) is 5.14 Å². The Labute approximate surface area is 139 Å². The SMILES string of the molecule is NS(=O)(=O)c1cc2[nH]c(CCCc3ccccc3)nc2cc1Cl. The van der Waals surface area contributed by atoms with Crippen molar-refractivity contribution in [3.8, 4) is 0 Å². The van der Waals surface area contributed by atoms with E-state index < -0.39 is 10.0 Å². The molecule has 0 amide bonds. The molecule has 3 rings (SSSR count). The first kappa shape index (κ1) is 16.0. The Bertz CT molecular complexity index is 937. The molecule has 0 aliphatic carbocycles. The number of hydrogen-bond donors (Lipinski definition) is 2. The van der Waals surface area contributed by atoms with Gasteiger partial charge in [-0.1, -0.05) is 41.9 Å². The summed E-state index contributed by atoms with van der Waals surface area (Å²) < 4.78 is 23.0. The summed E-state index contributed by atoms with van der Waals surface area (Å²) in [5.74, 6) is 0.804. The summed E-state index contributed by atoms with van der Waals surface area (Å²) in [4.78, 5) is 7.49. The molecule has 0 aliphatic heterocycles. The lowest BCUT2D eigenvalue weighted by Crippen LogP contribution is -2.12. The zero-order valence-electron chi connectivity index (χ0n) is 12.3. The zero-order valence-corrected chi connectivity index (χ0v) is 13.9. The molecule has 0 radical (unpaired) electrons. The van der Waals surface area contributed by atoms with Crippen LogP contribution < -0.4 is 5.14 Å². The fourth-order valence-electron chi connectivity index (χ4n) is 2.51. The number of imidazole rings is 1. The van der Waals surface area contributed by atoms with Crippen molar-refractivity contribution in [3.63, 3.8) is 0 Å². The minimum absolute atomic E-state index is 0.0855. The van der Waals surface area contributed by atoms with Crippen LogP contribution in [0, 0.1) is 0 Å². The topological polar surface area (TPSA) is 88.8 Å². The number of halogens is 1. The number of nitrogens with one attached hydrogen (secondary N) is 1. The summed E-state index contributed by atoms with van der Waals surface area (Å²) >= 11 is 5.97. The molecule has 7 heteroatoms. The van der Waals surface area contributed by atoms with E-state index in [0.29, 0.717) is 11.0 Å². The average Bonchev–Trinajstić information content (AvgIpc) is 2.88. The number of hydrogen-bond acceptors (Lipinski definition) is 3. The van der Waals surface area contributed by atoms with Gasteiger partial charge in [-0.05, 0) is 30.5 Å². The number of fused-ring (bicyclic) bond motifs is 1. The van der Waals surface area contributed by atoms with E-state index in [-0.39, 0.29) is 9.92 Å². The normalized spacial score (nSPS) is 11.9. The Balaban J connectivity index is 1.78. The molecule has 5 nitrogen and oxygen atoms in total. The molecule has 23 heavy (non-hydrogen) atoms. The van der Waals surface area contributed by atoms with E-state index in [1.165, 1.54) is 17.7 Å². The van der Waals surface area contributed by atoms with Gasteiger partial charge in [0.05, 0.1) is 16.1 Å². The van der Waals surface area contributed by atoms with Crippen molar-refractivity contribution in [1.29, 1.82) is 0 Å². The molecule has 0 atom stereocenters. The fraction of sp³-hybridized carbons (Fsp3) is 0.188. The maximum Gasteiger partial charge on any atom is 0.239 e. The van der Waals surface area contributed by atoms with Crippen LogP contribution in [0.4, 0.5) is 0 Å². The Hall–Kier alpha value is -1.89. The number of primary sulfonamides is 1. The molecule has 0 saturated heterocycles. The number of nitrogens with two attached hydrogens (primary N) is 1. The first-order valence-electron chi connectivity index (χ1n) is 7.18. The summed E-state index contributed by atoms with van der Waals surface area (Å²) in [5.41, 5.74) is 2.54. The van der Waals surface area contributed by atoms with Gasteiger partial charge in [-0.25, -0.2) is 18.5 Å². The Morgan fingerprint density at radius 3 is 2.57 bits per heavy atom. The summed E-state index contributed by atoms with van der Waals surface area (Å²) in [5, 5.41) is 5.24. The van der Waals surface area contributed by atoms with Gasteiger partial charge in [-0.2, -0.15) is 0 Å². The van der Waals surface area contributed by atoms with Gasteiger partial charge in [0.1, 0.15) is 10.7 Å². The highest BCUT2D eigenvalue weighted by atomic mass is 35.5. The largest absolute Gasteiger partial charge is 0.342 e. The second-order valence-electron chi connectivity index (χ2n) is 5.37. The lowest BCUT2D eigenvalue weighted by atomic mass is 10.1. The van der Waals surface area contributed by atoms with Gasteiger partial charge in [0.25, 0.3) is 0 Å². The van der Waals surface area contributed by atoms with E-state index in [0.717, 1.165) is 25.1 Å². The van der Waals surface area contributed by atoms with Crippen LogP contribution in [0.2, 0.25) is 5.02 Å². The van der Waals surface area contributed by atoms with Gasteiger partial charge in [-0.3, -0.25) is 0 Å². The summed E-state index contributed by atoms with van der Waals surface area (Å²) in [6.07, 6.45) is 2.67. The van der Waals surface area contributed by atoms with Crippen molar-refractivity contribution in [2.75, 3.05) is 0 Å². The van der Waals surface area contributed by atoms with Crippen molar-refractivity contribution < 1.29 is 8.42 Å². The Morgan fingerprint density at radius 2 is 1.87 bits per heavy atom. The smallest absolute Gasteiger partial charge is 0.239 e. The fourth-order valence-corrected chi connectivity index (χ4v) is 3.60. The van der Waals surface area contributed by atoms with Gasteiger partial charge in [-0.15, -0.1) is 0 Å². The van der Waals surface area contributed by atoms with Gasteiger partial charge in [0.15, 0.2) is 0 Å². The van der Waals surface area contributed by atoms with Crippen LogP contribution in [0.3, 0.4) is 0 Å². The van der Waals surface area contributed by atoms with Crippen LogP contribution in [0.25, 0.3) is 11.0 Å². The van der Waals surface area contributed by atoms with Gasteiger partial charge >= 0.3 is 0 Å². The molecule has 0 bridgehead atoms. The lowest BCUT2D eigenvalue weighted by Gasteiger charge is -2.00. The molecule has 0 unspecified atom stereocenters. The number of rotatable bonds is 5. The molecule has 0 saturated carbocycles. The highest BCUT2D eigenvalue weighted by molar-refractivity contribution is 7.89. The van der Waals surface area contributed by atoms with Crippen LogP contribution >= 0.6 is 11.6 Å². The summed E-state index contributed by atoms with van der Waals surface area (Å²) in [6, 6.07) is 13.2. The maximum atomic E-state index is 11.5. The number of H-pyrrole nitrogens is 1. The first-order valence-corrected chi connectivity index (χ1v) is 9.11. The predicted molar refractivity (Wildman–Crippen MR) is 90.9 cm³/mol. The second-order valence-corrected chi connectivity index (χ2v) is 7.30. The highest BCUT2D eigenvalue weighted by Gasteiger charge is 2.15. The molecule has 3 aromatic rings. The molecular weight excluding hydrogens is 334 g/mol. The van der Waals surface area contributed by atoms with Crippen molar-refractivity contribution in [3.05, 3.63) is 58.9 Å². The Morgan fingerprint density at radius 1 is 1.13 bits per heavy atom. The van der Waals surface area contributed by atoms with E-state index in [1.54, 1.807) is 0 Å². The second kappa shape index (κ2) is 6.31. The number of aryl methyl sites for hydroxylation is 2. The van der Waals surface area contributed by atoms with Gasteiger partial charge in [0, 0.05) is 6.42 Å². The molecule has 0 spiro atoms. The van der Waals surface area contributed by atoms with Crippen molar-refractivity contribution in [1.82, 2.24) is 9.97 Å². The van der Waals surface area contributed by atoms with E-state index in [1.807, 2.05) is 18.2 Å². The van der Waals surface area contributed by atoms with E-state index in [9.17, 15) is 8.42 Å². The number of aromatic nitrogens is 2. The van der Waals surface area contributed by atoms with E-state index >= 15 is 0 Å². The van der Waals surface area contributed by atoms with E-state index in [2.05, 4.69) is 22.1 Å². The molecule has 120 valence electrons. The van der Waals surface area contributed by atoms with Crippen LogP contribution in [0.5, 0.6) is 0 Å². The molecular formula is C16H16ClN3O2S. The number of sulfonamides is 1. The van der Waals surface area contributed by atoms with Crippen molar-refractivity contribution in [2.45, 2.75) is 24.2 Å². The third kappa shape index (κ3) is 3.72. The standard InChI is InChI=1S/C16H16ClN3O2S/c17-12-9-13-14(10-15(12)23(18,21)22)20-16(19-13)8-4-7-11-5-2-1-3-6-11/h1-3,5-6,9-10H,4,7-8H2,(H,19,20)(H2,18,21,22). The average molecular weight is 350 g/mol. The molecule has 0 fully saturated rings. The summed E-state index contributed by atoms with van der Waals surface area (Å²) in [7, 11) is -3.85. The van der Waals surface area contributed by atoms with Crippen LogP contribution in [-0.4, -0.2) is 18.4 Å². The number of aromatic amines is 1. The highest BCUT2D eigenvalue weighted by Crippen LogP contribution is 2.25. The van der Waals surface area contributed by atoms with Gasteiger partial charge in [0.2, 0.25) is 10.0 Å². The monoisotopic (exact) mass is 349 g/mol. The van der Waals surface area contributed by atoms with Crippen LogP contribution in [0.1, 0.15) is 17.8 Å². The van der Waals surface area contributed by atoms with Gasteiger partial charge < -0.3 is 4.98 Å². The van der Waals surface area contributed by atoms with Crippen LogP contribution in [0.15, 0.2) is 47.4 Å². The summed E-state index contributed by atoms with van der Waals surface area (Å²) in [6.45, 7) is 0. The molecule has 1 heterocycles. The predicted octanol–water partition coefficient (Wildman–Crippen LogP) is 3.04. The molecule has 0 aliphatic rings. The van der Waals surface area contributed by atoms with Crippen molar-refractivity contribution >= 4 is 32.7 Å². The number of benzene rings is 2. The molecule has 3 N–H and O–H groups in total. The minimum atomic E-state index is -3.85. The quantitative estimate of drug-likeness (QED) is 0.742. The Kier molecular flexibility index (Phi) is 4.39. The first-order chi connectivity index (χ1) is 10.9. The lowest BCUT2D eigenvalue weighted by molar-refractivity contribution is 0.598. The number of nitrogens with zero attached hydrogens (tertiary/aromatic N) is 1. The molecule has 1 aromatic heterocycles. The third-order valence-corrected chi connectivity index (χ3v) is 4.99. The zero-order chi connectivity index (χ0) is 16.4. The maximum absolute atomic E-state index is 11.5. The third-order valence-electron chi connectivity index (χ3n) is 3.61.